The van der Waals surface area contributed by atoms with Crippen molar-refractivity contribution in [2.75, 3.05) is 30.8 Å². The molecule has 1 unspecified atom stereocenters. The molecule has 8 nitrogen and oxygen atoms in total. The van der Waals surface area contributed by atoms with Gasteiger partial charge in [0.25, 0.3) is 0 Å². The fraction of sp³-hybridized carbons (Fsp3) is 0.333. The third-order valence-electron chi connectivity index (χ3n) is 6.32. The molecule has 0 saturated heterocycles. The number of amides is 2. The third-order valence-corrected chi connectivity index (χ3v) is 8.26. The molecule has 0 fully saturated rings. The Morgan fingerprint density at radius 2 is 1.61 bits per heavy atom. The highest BCUT2D eigenvalue weighted by atomic mass is 35.5. The summed E-state index contributed by atoms with van der Waals surface area (Å²) in [5.41, 5.74) is 1.62. The van der Waals surface area contributed by atoms with E-state index in [1.807, 2.05) is 50.2 Å². The SMILES string of the molecule is COc1cccc(CN(C(=O)CN(c2cccc(Cl)c2Cl)S(C)(=O)=O)C(Cc2ccccc2)C(=O)NCC(C)C)c1. The van der Waals surface area contributed by atoms with E-state index in [9.17, 15) is 18.0 Å². The lowest BCUT2D eigenvalue weighted by Gasteiger charge is -2.34. The van der Waals surface area contributed by atoms with Crippen LogP contribution in [0.25, 0.3) is 0 Å². The van der Waals surface area contributed by atoms with Crippen LogP contribution in [0.3, 0.4) is 0 Å². The van der Waals surface area contributed by atoms with Gasteiger partial charge in [0.1, 0.15) is 18.3 Å². The van der Waals surface area contributed by atoms with E-state index in [-0.39, 0.29) is 40.5 Å². The van der Waals surface area contributed by atoms with E-state index in [0.29, 0.717) is 17.9 Å². The molecular weight excluding hydrogens is 585 g/mol. The highest BCUT2D eigenvalue weighted by Crippen LogP contribution is 2.34. The molecular formula is C30H35Cl2N3O5S. The van der Waals surface area contributed by atoms with E-state index < -0.39 is 28.5 Å². The number of hydrogen-bond acceptors (Lipinski definition) is 5. The molecule has 3 rings (SSSR count). The minimum Gasteiger partial charge on any atom is -0.497 e. The molecule has 0 aliphatic carbocycles. The van der Waals surface area contributed by atoms with Crippen LogP contribution >= 0.6 is 23.2 Å². The topological polar surface area (TPSA) is 96.0 Å². The van der Waals surface area contributed by atoms with Crippen LogP contribution in [0, 0.1) is 5.92 Å². The first-order valence-electron chi connectivity index (χ1n) is 13.1. The van der Waals surface area contributed by atoms with Crippen LogP contribution in [0.1, 0.15) is 25.0 Å². The zero-order valence-electron chi connectivity index (χ0n) is 23.5. The fourth-order valence-corrected chi connectivity index (χ4v) is 5.53. The second-order valence-corrected chi connectivity index (χ2v) is 12.8. The highest BCUT2D eigenvalue weighted by molar-refractivity contribution is 7.92. The van der Waals surface area contributed by atoms with Gasteiger partial charge < -0.3 is 15.0 Å². The number of carbonyl (C=O) groups excluding carboxylic acids is 2. The van der Waals surface area contributed by atoms with Gasteiger partial charge in [0.15, 0.2) is 0 Å². The van der Waals surface area contributed by atoms with Gasteiger partial charge in [0.2, 0.25) is 21.8 Å². The second kappa shape index (κ2) is 14.6. The number of sulfonamides is 1. The van der Waals surface area contributed by atoms with Crippen LogP contribution in [0.5, 0.6) is 5.75 Å². The molecule has 3 aromatic rings. The van der Waals surface area contributed by atoms with Crippen molar-refractivity contribution < 1.29 is 22.7 Å². The van der Waals surface area contributed by atoms with Crippen molar-refractivity contribution in [2.24, 2.45) is 5.92 Å². The average molecular weight is 621 g/mol. The predicted octanol–water partition coefficient (Wildman–Crippen LogP) is 5.18. The summed E-state index contributed by atoms with van der Waals surface area (Å²) in [6.45, 7) is 3.81. The van der Waals surface area contributed by atoms with Crippen molar-refractivity contribution in [3.8, 4) is 5.75 Å². The first-order chi connectivity index (χ1) is 19.4. The van der Waals surface area contributed by atoms with Crippen molar-refractivity contribution in [1.82, 2.24) is 10.2 Å². The van der Waals surface area contributed by atoms with E-state index in [1.165, 1.54) is 24.1 Å². The van der Waals surface area contributed by atoms with Gasteiger partial charge in [-0.2, -0.15) is 0 Å². The van der Waals surface area contributed by atoms with Gasteiger partial charge in [0, 0.05) is 19.5 Å². The summed E-state index contributed by atoms with van der Waals surface area (Å²) in [5.74, 6) is -0.160. The zero-order valence-corrected chi connectivity index (χ0v) is 25.8. The molecule has 2 amide bonds. The standard InChI is InChI=1S/C30H35Cl2N3O5S/c1-21(2)18-33-30(37)27(17-22-10-6-5-7-11-22)34(19-23-12-8-13-24(16-23)40-3)28(36)20-35(41(4,38)39)26-15-9-14-25(31)29(26)32/h5-16,21,27H,17-20H2,1-4H3,(H,33,37). The Morgan fingerprint density at radius 3 is 2.24 bits per heavy atom. The number of hydrogen-bond donors (Lipinski definition) is 1. The van der Waals surface area contributed by atoms with Gasteiger partial charge in [-0.05, 0) is 41.3 Å². The zero-order chi connectivity index (χ0) is 30.2. The maximum atomic E-state index is 14.1. The quantitative estimate of drug-likeness (QED) is 0.284. The van der Waals surface area contributed by atoms with Crippen LogP contribution in [0.2, 0.25) is 10.0 Å². The van der Waals surface area contributed by atoms with Crippen LogP contribution in [-0.2, 0) is 32.6 Å². The van der Waals surface area contributed by atoms with Crippen LogP contribution in [0.4, 0.5) is 5.69 Å². The summed E-state index contributed by atoms with van der Waals surface area (Å²) in [5, 5.41) is 3.10. The number of carbonyl (C=O) groups is 2. The Labute approximate surface area is 252 Å². The van der Waals surface area contributed by atoms with E-state index in [0.717, 1.165) is 16.1 Å². The summed E-state index contributed by atoms with van der Waals surface area (Å²) < 4.78 is 32.1. The first kappa shape index (κ1) is 32.2. The Balaban J connectivity index is 2.09. The smallest absolute Gasteiger partial charge is 0.244 e. The largest absolute Gasteiger partial charge is 0.497 e. The lowest BCUT2D eigenvalue weighted by molar-refractivity contribution is -0.140. The fourth-order valence-electron chi connectivity index (χ4n) is 4.22. The molecule has 0 saturated carbocycles. The van der Waals surface area contributed by atoms with Gasteiger partial charge in [-0.1, -0.05) is 85.6 Å². The molecule has 0 aliphatic heterocycles. The Morgan fingerprint density at radius 1 is 0.951 bits per heavy atom. The van der Waals surface area contributed by atoms with E-state index in [4.69, 9.17) is 27.9 Å². The van der Waals surface area contributed by atoms with Crippen LogP contribution < -0.4 is 14.4 Å². The van der Waals surface area contributed by atoms with Crippen molar-refractivity contribution in [3.05, 3.63) is 94.0 Å². The summed E-state index contributed by atoms with van der Waals surface area (Å²) in [7, 11) is -2.43. The molecule has 11 heteroatoms. The highest BCUT2D eigenvalue weighted by Gasteiger charge is 2.33. The minimum absolute atomic E-state index is 0.00208. The summed E-state index contributed by atoms with van der Waals surface area (Å²) in [6, 6.07) is 20.1. The molecule has 1 atom stereocenters. The van der Waals surface area contributed by atoms with Gasteiger partial charge in [-0.15, -0.1) is 0 Å². The monoisotopic (exact) mass is 619 g/mol. The molecule has 0 aliphatic rings. The number of anilines is 1. The van der Waals surface area contributed by atoms with Gasteiger partial charge >= 0.3 is 0 Å². The molecule has 0 spiro atoms. The Kier molecular flexibility index (Phi) is 11.5. The summed E-state index contributed by atoms with van der Waals surface area (Å²) >= 11 is 12.5. The maximum absolute atomic E-state index is 14.1. The molecule has 0 aromatic heterocycles. The number of halogens is 2. The number of rotatable bonds is 13. The van der Waals surface area contributed by atoms with Gasteiger partial charge in [-0.3, -0.25) is 13.9 Å². The second-order valence-electron chi connectivity index (χ2n) is 10.1. The minimum atomic E-state index is -3.97. The summed E-state index contributed by atoms with van der Waals surface area (Å²) in [6.07, 6.45) is 1.21. The van der Waals surface area contributed by atoms with E-state index in [1.54, 1.807) is 24.3 Å². The molecule has 1 N–H and O–H groups in total. The molecule has 41 heavy (non-hydrogen) atoms. The van der Waals surface area contributed by atoms with Crippen molar-refractivity contribution in [2.45, 2.75) is 32.9 Å². The molecule has 3 aromatic carbocycles. The van der Waals surface area contributed by atoms with Crippen LogP contribution in [-0.4, -0.2) is 57.6 Å². The average Bonchev–Trinajstić information content (AvgIpc) is 2.94. The molecule has 220 valence electrons. The number of ether oxygens (including phenoxy) is 1. The number of benzene rings is 3. The first-order valence-corrected chi connectivity index (χ1v) is 15.7. The number of nitrogens with zero attached hydrogens (tertiary/aromatic N) is 2. The third kappa shape index (κ3) is 9.11. The maximum Gasteiger partial charge on any atom is 0.244 e. The number of methoxy groups -OCH3 is 1. The summed E-state index contributed by atoms with van der Waals surface area (Å²) in [4.78, 5) is 29.2. The van der Waals surface area contributed by atoms with Gasteiger partial charge in [-0.25, -0.2) is 8.42 Å². The van der Waals surface area contributed by atoms with Crippen molar-refractivity contribution >= 4 is 50.7 Å². The van der Waals surface area contributed by atoms with Crippen molar-refractivity contribution in [3.63, 3.8) is 0 Å². The molecule has 0 radical (unpaired) electrons. The molecule has 0 heterocycles. The van der Waals surface area contributed by atoms with Crippen molar-refractivity contribution in [1.29, 1.82) is 0 Å². The van der Waals surface area contributed by atoms with E-state index >= 15 is 0 Å². The predicted molar refractivity (Wildman–Crippen MR) is 164 cm³/mol. The van der Waals surface area contributed by atoms with Gasteiger partial charge in [0.05, 0.1) is 29.1 Å². The molecule has 0 bridgehead atoms. The van der Waals surface area contributed by atoms with E-state index in [2.05, 4.69) is 5.32 Å². The lowest BCUT2D eigenvalue weighted by atomic mass is 10.0. The number of nitrogens with one attached hydrogen (secondary N) is 1. The normalized spacial score (nSPS) is 12.1. The Hall–Kier alpha value is -3.27. The Bertz CT molecular complexity index is 1450. The lowest BCUT2D eigenvalue weighted by Crippen LogP contribution is -2.53. The van der Waals surface area contributed by atoms with Crippen LogP contribution in [0.15, 0.2) is 72.8 Å².